The van der Waals surface area contributed by atoms with Crippen molar-refractivity contribution in [2.45, 2.75) is 18.9 Å². The molecule has 3 rings (SSSR count). The van der Waals surface area contributed by atoms with Gasteiger partial charge in [-0.3, -0.25) is 4.79 Å². The Kier molecular flexibility index (Phi) is 3.71. The topological polar surface area (TPSA) is 55.8 Å². The van der Waals surface area contributed by atoms with Crippen LogP contribution in [0.1, 0.15) is 12.8 Å². The van der Waals surface area contributed by atoms with E-state index in [2.05, 4.69) is 15.1 Å². The quantitative estimate of drug-likeness (QED) is 0.722. The van der Waals surface area contributed by atoms with Crippen molar-refractivity contribution in [2.24, 2.45) is 5.41 Å². The van der Waals surface area contributed by atoms with Crippen LogP contribution >= 0.6 is 24.6 Å². The van der Waals surface area contributed by atoms with Crippen molar-refractivity contribution in [3.63, 3.8) is 0 Å². The molecule has 102 valence electrons. The Bertz CT molecular complexity index is 375. The molecule has 2 N–H and O–H groups in total. The number of halogens is 1. The van der Waals surface area contributed by atoms with Gasteiger partial charge in [-0.05, 0) is 25.1 Å². The molecule has 1 unspecified atom stereocenters. The van der Waals surface area contributed by atoms with E-state index in [1.165, 1.54) is 0 Å². The Balaban J connectivity index is 0.00000120. The number of carboxylic acids is 1. The smallest absolute Gasteiger partial charge is 0.311 e. The Morgan fingerprint density at radius 3 is 2.83 bits per heavy atom. The van der Waals surface area contributed by atoms with Crippen molar-refractivity contribution >= 4 is 35.7 Å². The summed E-state index contributed by atoms with van der Waals surface area (Å²) in [5.41, 5.74) is -0.508. The number of fused-ring (bicyclic) bond motifs is 1. The van der Waals surface area contributed by atoms with Crippen molar-refractivity contribution < 1.29 is 9.90 Å². The van der Waals surface area contributed by atoms with Crippen LogP contribution in [0, 0.1) is 5.41 Å². The monoisotopic (exact) mass is 291 g/mol. The van der Waals surface area contributed by atoms with Crippen LogP contribution in [0.15, 0.2) is 0 Å². The number of nitrogens with one attached hydrogen (secondary N) is 1. The molecule has 7 heteroatoms. The van der Waals surface area contributed by atoms with Crippen LogP contribution in [0.3, 0.4) is 0 Å². The zero-order chi connectivity index (χ0) is 12.0. The Hall–Kier alpha value is -0.590. The van der Waals surface area contributed by atoms with Gasteiger partial charge >= 0.3 is 5.97 Å². The molecule has 5 nitrogen and oxygen atoms in total. The zero-order valence-electron chi connectivity index (χ0n) is 10.1. The summed E-state index contributed by atoms with van der Waals surface area (Å²) in [5, 5.41) is 13.4. The van der Waals surface area contributed by atoms with Crippen molar-refractivity contribution in [2.75, 3.05) is 32.7 Å². The van der Waals surface area contributed by atoms with E-state index in [1.807, 2.05) is 0 Å². The first-order valence-electron chi connectivity index (χ1n) is 6.12. The molecule has 1 saturated carbocycles. The fourth-order valence-corrected chi connectivity index (χ4v) is 3.16. The predicted molar refractivity (Wildman–Crippen MR) is 74.1 cm³/mol. The van der Waals surface area contributed by atoms with E-state index in [4.69, 9.17) is 12.2 Å². The molecule has 1 aliphatic carbocycles. The van der Waals surface area contributed by atoms with Gasteiger partial charge in [0, 0.05) is 32.7 Å². The van der Waals surface area contributed by atoms with Crippen LogP contribution in [0.5, 0.6) is 0 Å². The highest BCUT2D eigenvalue weighted by Crippen LogP contribution is 2.47. The maximum Gasteiger partial charge on any atom is 0.311 e. The Morgan fingerprint density at radius 1 is 1.56 bits per heavy atom. The van der Waals surface area contributed by atoms with E-state index < -0.39 is 11.4 Å². The summed E-state index contributed by atoms with van der Waals surface area (Å²) < 4.78 is 0. The van der Waals surface area contributed by atoms with Crippen LogP contribution in [0.4, 0.5) is 0 Å². The van der Waals surface area contributed by atoms with Gasteiger partial charge in [0.05, 0.1) is 11.5 Å². The number of carboxylic acid groups (broad SMARTS) is 1. The lowest BCUT2D eigenvalue weighted by Gasteiger charge is -2.30. The molecule has 0 spiro atoms. The molecule has 2 aliphatic heterocycles. The first-order valence-corrected chi connectivity index (χ1v) is 6.53. The number of hydrogen-bond donors (Lipinski definition) is 2. The van der Waals surface area contributed by atoms with Gasteiger partial charge in [0.2, 0.25) is 0 Å². The van der Waals surface area contributed by atoms with E-state index in [0.29, 0.717) is 12.6 Å². The SMILES string of the molecule is Cl.O=C(O)C1(CN2CC3CNCCN3C2=S)CC1. The normalized spacial score (nSPS) is 28.7. The van der Waals surface area contributed by atoms with Gasteiger partial charge in [-0.25, -0.2) is 0 Å². The lowest BCUT2D eigenvalue weighted by atomic mass is 10.1. The molecule has 3 fully saturated rings. The molecule has 0 radical (unpaired) electrons. The van der Waals surface area contributed by atoms with E-state index in [0.717, 1.165) is 44.1 Å². The fourth-order valence-electron chi connectivity index (χ4n) is 2.78. The number of rotatable bonds is 3. The molecular formula is C11H18ClN3O2S. The number of carbonyl (C=O) groups is 1. The highest BCUT2D eigenvalue weighted by Gasteiger charge is 2.53. The summed E-state index contributed by atoms with van der Waals surface area (Å²) in [6, 6.07) is 0.431. The van der Waals surface area contributed by atoms with Gasteiger partial charge in [0.1, 0.15) is 0 Å². The average molecular weight is 292 g/mol. The van der Waals surface area contributed by atoms with Gasteiger partial charge in [0.15, 0.2) is 5.11 Å². The fraction of sp³-hybridized carbons (Fsp3) is 0.818. The highest BCUT2D eigenvalue weighted by atomic mass is 35.5. The summed E-state index contributed by atoms with van der Waals surface area (Å²) in [7, 11) is 0. The third kappa shape index (κ3) is 2.17. The summed E-state index contributed by atoms with van der Waals surface area (Å²) in [6.45, 7) is 4.33. The summed E-state index contributed by atoms with van der Waals surface area (Å²) in [4.78, 5) is 15.5. The lowest BCUT2D eigenvalue weighted by molar-refractivity contribution is -0.143. The summed E-state index contributed by atoms with van der Waals surface area (Å²) in [5.74, 6) is -0.664. The maximum atomic E-state index is 11.2. The lowest BCUT2D eigenvalue weighted by Crippen LogP contribution is -2.49. The van der Waals surface area contributed by atoms with Crippen molar-refractivity contribution in [1.29, 1.82) is 0 Å². The van der Waals surface area contributed by atoms with Gasteiger partial charge in [0.25, 0.3) is 0 Å². The number of aliphatic carboxylic acids is 1. The first kappa shape index (κ1) is 13.8. The second-order valence-electron chi connectivity index (χ2n) is 5.30. The van der Waals surface area contributed by atoms with Crippen LogP contribution in [0.25, 0.3) is 0 Å². The largest absolute Gasteiger partial charge is 0.481 e. The summed E-state index contributed by atoms with van der Waals surface area (Å²) >= 11 is 5.45. The van der Waals surface area contributed by atoms with Crippen molar-refractivity contribution in [3.05, 3.63) is 0 Å². The third-order valence-corrected chi connectivity index (χ3v) is 4.59. The first-order chi connectivity index (χ1) is 8.12. The molecule has 0 amide bonds. The second-order valence-corrected chi connectivity index (χ2v) is 5.67. The van der Waals surface area contributed by atoms with Crippen LogP contribution in [0.2, 0.25) is 0 Å². The zero-order valence-corrected chi connectivity index (χ0v) is 11.7. The summed E-state index contributed by atoms with van der Waals surface area (Å²) in [6.07, 6.45) is 1.59. The van der Waals surface area contributed by atoms with Gasteiger partial charge in [-0.2, -0.15) is 0 Å². The van der Waals surface area contributed by atoms with Crippen molar-refractivity contribution in [3.8, 4) is 0 Å². The minimum absolute atomic E-state index is 0. The van der Waals surface area contributed by atoms with Crippen LogP contribution < -0.4 is 5.32 Å². The van der Waals surface area contributed by atoms with Gasteiger partial charge < -0.3 is 20.2 Å². The molecule has 0 aromatic rings. The third-order valence-electron chi connectivity index (χ3n) is 4.10. The second kappa shape index (κ2) is 4.83. The predicted octanol–water partition coefficient (Wildman–Crippen LogP) is 0.147. The molecule has 0 aromatic carbocycles. The molecule has 2 saturated heterocycles. The minimum atomic E-state index is -0.664. The number of piperazine rings is 1. The number of nitrogens with zero attached hydrogens (tertiary/aromatic N) is 2. The number of hydrogen-bond acceptors (Lipinski definition) is 3. The maximum absolute atomic E-state index is 11.2. The van der Waals surface area contributed by atoms with E-state index in [1.54, 1.807) is 0 Å². The molecule has 18 heavy (non-hydrogen) atoms. The van der Waals surface area contributed by atoms with Gasteiger partial charge in [-0.15, -0.1) is 12.4 Å². The van der Waals surface area contributed by atoms with Gasteiger partial charge in [-0.1, -0.05) is 0 Å². The average Bonchev–Trinajstić information content (AvgIpc) is 3.03. The molecule has 1 atom stereocenters. The Labute approximate surface area is 118 Å². The van der Waals surface area contributed by atoms with E-state index in [9.17, 15) is 9.90 Å². The number of thiocarbonyl (C=S) groups is 1. The Morgan fingerprint density at radius 2 is 2.28 bits per heavy atom. The molecule has 3 aliphatic rings. The van der Waals surface area contributed by atoms with E-state index in [-0.39, 0.29) is 12.4 Å². The highest BCUT2D eigenvalue weighted by molar-refractivity contribution is 7.80. The van der Waals surface area contributed by atoms with Crippen LogP contribution in [-0.2, 0) is 4.79 Å². The molecule has 0 aromatic heterocycles. The minimum Gasteiger partial charge on any atom is -0.481 e. The van der Waals surface area contributed by atoms with E-state index >= 15 is 0 Å². The molecular weight excluding hydrogens is 274 g/mol. The molecule has 2 heterocycles. The van der Waals surface area contributed by atoms with Crippen LogP contribution in [-0.4, -0.2) is 64.8 Å². The molecule has 0 bridgehead atoms. The van der Waals surface area contributed by atoms with Crippen molar-refractivity contribution in [1.82, 2.24) is 15.1 Å². The standard InChI is InChI=1S/C11H17N3O2S.ClH/c15-9(16)11(1-2-11)7-13-6-8-5-12-3-4-14(8)10(13)17;/h8,12H,1-7H2,(H,15,16);1H.